The third kappa shape index (κ3) is 17.8. The lowest BCUT2D eigenvalue weighted by molar-refractivity contribution is -0.135. The van der Waals surface area contributed by atoms with E-state index in [0.717, 1.165) is 12.1 Å². The molecule has 0 fully saturated rings. The fourth-order valence-electron chi connectivity index (χ4n) is 4.26. The second kappa shape index (κ2) is 21.8. The molecule has 0 aliphatic rings. The number of nitrogens with zero attached hydrogens (tertiary/aromatic N) is 2. The van der Waals surface area contributed by atoms with Crippen molar-refractivity contribution < 1.29 is 33.2 Å². The first-order chi connectivity index (χ1) is 23.9. The molecule has 1 aromatic carbocycles. The van der Waals surface area contributed by atoms with Gasteiger partial charge in [-0.15, -0.1) is 0 Å². The Morgan fingerprint density at radius 2 is 1.22 bits per heavy atom. The van der Waals surface area contributed by atoms with Crippen LogP contribution in [0.3, 0.4) is 0 Å². The number of rotatable bonds is 21. The largest absolute Gasteiger partial charge is 0.370 e. The van der Waals surface area contributed by atoms with Gasteiger partial charge in [0, 0.05) is 6.42 Å². The minimum absolute atomic E-state index is 0.0440. The molecule has 0 unspecified atom stereocenters. The van der Waals surface area contributed by atoms with E-state index >= 15 is 0 Å². The van der Waals surface area contributed by atoms with Crippen LogP contribution >= 0.6 is 0 Å². The second-order valence-corrected chi connectivity index (χ2v) is 11.6. The fourth-order valence-corrected chi connectivity index (χ4v) is 4.26. The van der Waals surface area contributed by atoms with Crippen LogP contribution < -0.4 is 61.4 Å². The van der Waals surface area contributed by atoms with E-state index in [1.807, 2.05) is 0 Å². The highest BCUT2D eigenvalue weighted by Crippen LogP contribution is 2.09. The lowest BCUT2D eigenvalue weighted by atomic mass is 10.0. The lowest BCUT2D eigenvalue weighted by Gasteiger charge is -2.26. The summed E-state index contributed by atoms with van der Waals surface area (Å²) in [6.07, 6.45) is 4.64. The van der Waals surface area contributed by atoms with Gasteiger partial charge >= 0.3 is 0 Å². The van der Waals surface area contributed by atoms with Gasteiger partial charge in [-0.1, -0.05) is 50.3 Å². The van der Waals surface area contributed by atoms with E-state index in [-0.39, 0.29) is 43.8 Å². The van der Waals surface area contributed by atoms with Crippen LogP contribution in [-0.2, 0) is 35.2 Å². The molecule has 51 heavy (non-hydrogen) atoms. The standard InChI is InChI=1S/C31H48FN13O6/c1-16(2)13-22(44-27(49)20(6-4-12-41-31(38)39)42-26(48)19(33)5-3-11-40-30(36)37)28(50)45-23(15-24(34)46)29(51)43-21(25(35)47)14-17-7-9-18(32)10-8-17/h3-10,16,19-23H,11-15,33H2,1-2H3,(H2,34,46)(H2,35,47)(H,42,48)(H,43,51)(H,44,49)(H,45,50)(H4,36,37,40)(H4,38,39,41)/b5-3+,6-4+/t19-,20-,21-,22-,23-/m0/s1. The lowest BCUT2D eigenvalue weighted by Crippen LogP contribution is -2.59. The molecular formula is C31H48FN13O6. The summed E-state index contributed by atoms with van der Waals surface area (Å²) in [4.78, 5) is 84.7. The van der Waals surface area contributed by atoms with Crippen molar-refractivity contribution in [2.24, 2.45) is 56.0 Å². The molecule has 0 radical (unpaired) electrons. The van der Waals surface area contributed by atoms with Crippen LogP contribution in [0.25, 0.3) is 0 Å². The van der Waals surface area contributed by atoms with Gasteiger partial charge in [0.15, 0.2) is 11.9 Å². The van der Waals surface area contributed by atoms with Crippen LogP contribution in [0.1, 0.15) is 32.3 Å². The SMILES string of the molecule is CC(C)C[C@H](NC(=O)[C@H](/C=C/CN=C(N)N)NC(=O)[C@@H](N)/C=C/CN=C(N)N)C(=O)N[C@@H](CC(N)=O)C(=O)N[C@@H](Cc1ccc(F)cc1)C(N)=O. The molecule has 0 heterocycles. The van der Waals surface area contributed by atoms with E-state index in [0.29, 0.717) is 5.56 Å². The Hall–Kier alpha value is -6.05. The molecule has 6 amide bonds. The third-order valence-electron chi connectivity index (χ3n) is 6.70. The predicted molar refractivity (Wildman–Crippen MR) is 188 cm³/mol. The summed E-state index contributed by atoms with van der Waals surface area (Å²) in [5.41, 5.74) is 38.4. The highest BCUT2D eigenvalue weighted by molar-refractivity contribution is 5.97. The van der Waals surface area contributed by atoms with Gasteiger partial charge in [-0.3, -0.25) is 28.8 Å². The molecule has 0 spiro atoms. The first-order valence-corrected chi connectivity index (χ1v) is 15.6. The number of hydrogen-bond acceptors (Lipinski definition) is 9. The molecule has 0 saturated heterocycles. The van der Waals surface area contributed by atoms with Gasteiger partial charge in [0.05, 0.1) is 19.5 Å². The topological polar surface area (TPSA) is 357 Å². The van der Waals surface area contributed by atoms with E-state index in [1.54, 1.807) is 13.8 Å². The maximum atomic E-state index is 13.5. The van der Waals surface area contributed by atoms with Crippen LogP contribution in [0.15, 0.2) is 58.6 Å². The van der Waals surface area contributed by atoms with Gasteiger partial charge in [-0.25, -0.2) is 14.4 Å². The van der Waals surface area contributed by atoms with Gasteiger partial charge in [0.25, 0.3) is 0 Å². The number of guanidine groups is 2. The third-order valence-corrected chi connectivity index (χ3v) is 6.70. The van der Waals surface area contributed by atoms with Crippen LogP contribution in [0.4, 0.5) is 4.39 Å². The van der Waals surface area contributed by atoms with Crippen molar-refractivity contribution in [3.05, 3.63) is 60.0 Å². The number of nitrogens with two attached hydrogens (primary N) is 7. The van der Waals surface area contributed by atoms with Crippen LogP contribution in [0.5, 0.6) is 0 Å². The predicted octanol–water partition coefficient (Wildman–Crippen LogP) is -4.30. The number of hydrogen-bond donors (Lipinski definition) is 11. The van der Waals surface area contributed by atoms with Gasteiger partial charge in [0.1, 0.15) is 36.0 Å². The fraction of sp³-hybridized carbons (Fsp3) is 0.419. The molecule has 19 nitrogen and oxygen atoms in total. The van der Waals surface area contributed by atoms with Gasteiger partial charge in [-0.05, 0) is 30.0 Å². The minimum Gasteiger partial charge on any atom is -0.370 e. The van der Waals surface area contributed by atoms with Gasteiger partial charge in [-0.2, -0.15) is 0 Å². The summed E-state index contributed by atoms with van der Waals surface area (Å²) in [6, 6.07) is -1.70. The molecule has 20 heteroatoms. The minimum atomic E-state index is -1.59. The summed E-state index contributed by atoms with van der Waals surface area (Å²) in [5.74, 6) is -6.50. The normalized spacial score (nSPS) is 14.1. The number of halogens is 1. The Bertz CT molecular complexity index is 1490. The maximum Gasteiger partial charge on any atom is 0.247 e. The van der Waals surface area contributed by atoms with Crippen LogP contribution in [0, 0.1) is 11.7 Å². The monoisotopic (exact) mass is 717 g/mol. The smallest absolute Gasteiger partial charge is 0.247 e. The molecule has 0 bridgehead atoms. The van der Waals surface area contributed by atoms with Crippen molar-refractivity contribution in [3.63, 3.8) is 0 Å². The number of aliphatic imine (C=N–C) groups is 2. The number of carbonyl (C=O) groups is 6. The van der Waals surface area contributed by atoms with Gasteiger partial charge < -0.3 is 61.4 Å². The Labute approximate surface area is 294 Å². The average molecular weight is 718 g/mol. The van der Waals surface area contributed by atoms with Crippen molar-refractivity contribution in [2.75, 3.05) is 13.1 Å². The second-order valence-electron chi connectivity index (χ2n) is 11.6. The number of amides is 6. The van der Waals surface area contributed by atoms with Crippen LogP contribution in [0.2, 0.25) is 0 Å². The Morgan fingerprint density at radius 1 is 0.706 bits per heavy atom. The maximum absolute atomic E-state index is 13.5. The summed E-state index contributed by atoms with van der Waals surface area (Å²) >= 11 is 0. The number of primary amides is 2. The molecule has 0 aromatic heterocycles. The van der Waals surface area contributed by atoms with E-state index in [4.69, 9.17) is 40.1 Å². The first-order valence-electron chi connectivity index (χ1n) is 15.6. The molecule has 5 atom stereocenters. The summed E-state index contributed by atoms with van der Waals surface area (Å²) < 4.78 is 13.3. The van der Waals surface area contributed by atoms with E-state index in [1.165, 1.54) is 36.4 Å². The zero-order valence-corrected chi connectivity index (χ0v) is 28.4. The molecule has 0 aliphatic carbocycles. The highest BCUT2D eigenvalue weighted by atomic mass is 19.1. The Balaban J connectivity index is 3.24. The molecule has 1 aromatic rings. The zero-order valence-electron chi connectivity index (χ0n) is 28.4. The Kier molecular flexibility index (Phi) is 18.4. The number of benzene rings is 1. The van der Waals surface area contributed by atoms with Crippen LogP contribution in [-0.4, -0.2) is 90.7 Å². The van der Waals surface area contributed by atoms with E-state index in [2.05, 4.69) is 31.3 Å². The number of nitrogens with one attached hydrogen (secondary N) is 4. The molecule has 1 rings (SSSR count). The molecular weight excluding hydrogens is 669 g/mol. The number of carbonyl (C=O) groups excluding carboxylic acids is 6. The first kappa shape index (κ1) is 43.0. The van der Waals surface area contributed by atoms with Crippen molar-refractivity contribution in [3.8, 4) is 0 Å². The molecule has 0 saturated carbocycles. The molecule has 0 aliphatic heterocycles. The quantitative estimate of drug-likeness (QED) is 0.0328. The summed E-state index contributed by atoms with van der Waals surface area (Å²) in [5, 5.41) is 9.78. The van der Waals surface area contributed by atoms with E-state index in [9.17, 15) is 33.2 Å². The molecule has 280 valence electrons. The van der Waals surface area contributed by atoms with Crippen molar-refractivity contribution in [2.45, 2.75) is 63.3 Å². The zero-order chi connectivity index (χ0) is 38.7. The van der Waals surface area contributed by atoms with E-state index < -0.39 is 77.9 Å². The summed E-state index contributed by atoms with van der Waals surface area (Å²) in [6.45, 7) is 3.51. The van der Waals surface area contributed by atoms with Gasteiger partial charge in [0.2, 0.25) is 35.4 Å². The molecule has 18 N–H and O–H groups in total. The summed E-state index contributed by atoms with van der Waals surface area (Å²) in [7, 11) is 0. The Morgan fingerprint density at radius 3 is 1.73 bits per heavy atom. The van der Waals surface area contributed by atoms with Crippen molar-refractivity contribution in [1.29, 1.82) is 0 Å². The highest BCUT2D eigenvalue weighted by Gasteiger charge is 2.32. The van der Waals surface area contributed by atoms with Crippen molar-refractivity contribution >= 4 is 47.4 Å². The average Bonchev–Trinajstić information content (AvgIpc) is 3.03. The van der Waals surface area contributed by atoms with Crippen molar-refractivity contribution in [1.82, 2.24) is 21.3 Å².